The van der Waals surface area contributed by atoms with E-state index in [9.17, 15) is 0 Å². The van der Waals surface area contributed by atoms with Crippen molar-refractivity contribution >= 4 is 27.6 Å². The SMILES string of the molecule is CCN(CC)CC1CN(c2ccc3nc(-c4n[nH]c5ccc(OC)cc45)[nH]c3c2)C(C)CO1. The van der Waals surface area contributed by atoms with E-state index in [0.717, 1.165) is 72.0 Å². The lowest BCUT2D eigenvalue weighted by Gasteiger charge is -2.41. The topological polar surface area (TPSA) is 82.3 Å². The first-order valence-electron chi connectivity index (χ1n) is 11.7. The highest BCUT2D eigenvalue weighted by Gasteiger charge is 2.27. The number of methoxy groups -OCH3 is 1. The minimum absolute atomic E-state index is 0.208. The van der Waals surface area contributed by atoms with Crippen LogP contribution in [-0.4, -0.2) is 77.1 Å². The van der Waals surface area contributed by atoms with E-state index < -0.39 is 0 Å². The fraction of sp³-hybridized carbons (Fsp3) is 0.440. The van der Waals surface area contributed by atoms with Crippen LogP contribution < -0.4 is 9.64 Å². The number of fused-ring (bicyclic) bond motifs is 2. The zero-order chi connectivity index (χ0) is 22.9. The summed E-state index contributed by atoms with van der Waals surface area (Å²) >= 11 is 0. The number of aromatic nitrogens is 4. The average molecular weight is 449 g/mol. The number of nitrogens with one attached hydrogen (secondary N) is 2. The highest BCUT2D eigenvalue weighted by Crippen LogP contribution is 2.31. The monoisotopic (exact) mass is 448 g/mol. The zero-order valence-electron chi connectivity index (χ0n) is 19.8. The van der Waals surface area contributed by atoms with Gasteiger partial charge in [-0.05, 0) is 56.4 Å². The first kappa shape index (κ1) is 21.7. The number of hydrogen-bond donors (Lipinski definition) is 2. The van der Waals surface area contributed by atoms with Crippen LogP contribution in [0.3, 0.4) is 0 Å². The molecule has 0 aliphatic carbocycles. The number of H-pyrrole nitrogens is 2. The lowest BCUT2D eigenvalue weighted by Crippen LogP contribution is -2.52. The number of nitrogens with zero attached hydrogens (tertiary/aromatic N) is 4. The van der Waals surface area contributed by atoms with Gasteiger partial charge in [0.05, 0.1) is 36.4 Å². The van der Waals surface area contributed by atoms with Crippen molar-refractivity contribution in [2.45, 2.75) is 32.9 Å². The quantitative estimate of drug-likeness (QED) is 0.444. The van der Waals surface area contributed by atoms with E-state index in [2.05, 4.69) is 64.0 Å². The largest absolute Gasteiger partial charge is 0.497 e. The molecule has 2 N–H and O–H groups in total. The normalized spacial score (nSPS) is 19.1. The zero-order valence-corrected chi connectivity index (χ0v) is 19.8. The molecule has 3 heterocycles. The van der Waals surface area contributed by atoms with Crippen molar-refractivity contribution in [1.29, 1.82) is 0 Å². The van der Waals surface area contributed by atoms with Gasteiger partial charge in [0.2, 0.25) is 0 Å². The molecule has 2 atom stereocenters. The number of ether oxygens (including phenoxy) is 2. The summed E-state index contributed by atoms with van der Waals surface area (Å²) in [5.74, 6) is 1.54. The first-order valence-corrected chi connectivity index (χ1v) is 11.7. The highest BCUT2D eigenvalue weighted by molar-refractivity contribution is 5.94. The van der Waals surface area contributed by atoms with Gasteiger partial charge in [-0.15, -0.1) is 0 Å². The van der Waals surface area contributed by atoms with Gasteiger partial charge in [0.25, 0.3) is 0 Å². The molecule has 1 saturated heterocycles. The Bertz CT molecular complexity index is 1240. The van der Waals surface area contributed by atoms with Gasteiger partial charge in [-0.25, -0.2) is 4.98 Å². The molecule has 33 heavy (non-hydrogen) atoms. The molecule has 1 fully saturated rings. The van der Waals surface area contributed by atoms with Crippen LogP contribution in [0, 0.1) is 0 Å². The average Bonchev–Trinajstić information content (AvgIpc) is 3.46. The van der Waals surface area contributed by atoms with E-state index in [1.165, 1.54) is 5.69 Å². The molecule has 0 saturated carbocycles. The second kappa shape index (κ2) is 9.03. The maximum atomic E-state index is 6.15. The van der Waals surface area contributed by atoms with Crippen LogP contribution in [-0.2, 0) is 4.74 Å². The fourth-order valence-electron chi connectivity index (χ4n) is 4.65. The number of likely N-dealkylation sites (N-methyl/N-ethyl adjacent to an activating group) is 1. The Morgan fingerprint density at radius 2 is 2.00 bits per heavy atom. The molecule has 8 nitrogen and oxygen atoms in total. The van der Waals surface area contributed by atoms with Crippen molar-refractivity contribution in [2.75, 3.05) is 44.8 Å². The molecule has 2 aromatic heterocycles. The van der Waals surface area contributed by atoms with E-state index in [-0.39, 0.29) is 6.10 Å². The third-order valence-corrected chi connectivity index (χ3v) is 6.65. The van der Waals surface area contributed by atoms with Crippen LogP contribution in [0.15, 0.2) is 36.4 Å². The molecule has 1 aliphatic heterocycles. The molecule has 0 bridgehead atoms. The Morgan fingerprint density at radius 3 is 2.79 bits per heavy atom. The lowest BCUT2D eigenvalue weighted by molar-refractivity contribution is 0.00265. The lowest BCUT2D eigenvalue weighted by atomic mass is 10.1. The predicted octanol–water partition coefficient (Wildman–Crippen LogP) is 4.05. The number of anilines is 1. The van der Waals surface area contributed by atoms with Gasteiger partial charge in [-0.3, -0.25) is 5.10 Å². The highest BCUT2D eigenvalue weighted by atomic mass is 16.5. The summed E-state index contributed by atoms with van der Waals surface area (Å²) in [6.45, 7) is 11.3. The summed E-state index contributed by atoms with van der Waals surface area (Å²) < 4.78 is 11.5. The van der Waals surface area contributed by atoms with E-state index in [1.807, 2.05) is 18.2 Å². The van der Waals surface area contributed by atoms with Crippen molar-refractivity contribution in [3.63, 3.8) is 0 Å². The van der Waals surface area contributed by atoms with Crippen LogP contribution in [0.25, 0.3) is 33.5 Å². The number of rotatable bonds is 7. The number of aromatic amines is 2. The van der Waals surface area contributed by atoms with Crippen molar-refractivity contribution < 1.29 is 9.47 Å². The summed E-state index contributed by atoms with van der Waals surface area (Å²) in [7, 11) is 1.67. The van der Waals surface area contributed by atoms with Crippen molar-refractivity contribution in [3.8, 4) is 17.3 Å². The fourth-order valence-corrected chi connectivity index (χ4v) is 4.65. The number of benzene rings is 2. The third-order valence-electron chi connectivity index (χ3n) is 6.65. The summed E-state index contributed by atoms with van der Waals surface area (Å²) in [6, 6.07) is 12.6. The minimum Gasteiger partial charge on any atom is -0.497 e. The van der Waals surface area contributed by atoms with Gasteiger partial charge in [-0.1, -0.05) is 13.8 Å². The number of imidazole rings is 1. The van der Waals surface area contributed by atoms with Gasteiger partial charge in [-0.2, -0.15) is 5.10 Å². The van der Waals surface area contributed by atoms with Crippen molar-refractivity contribution in [3.05, 3.63) is 36.4 Å². The molecule has 0 amide bonds. The van der Waals surface area contributed by atoms with Gasteiger partial charge in [0.15, 0.2) is 5.82 Å². The van der Waals surface area contributed by atoms with Gasteiger partial charge in [0.1, 0.15) is 11.4 Å². The molecule has 0 spiro atoms. The molecule has 0 radical (unpaired) electrons. The summed E-state index contributed by atoms with van der Waals surface area (Å²) in [6.07, 6.45) is 0.208. The standard InChI is InChI=1S/C25H32N6O2/c1-5-30(6-2)13-19-14-31(16(3)15-33-19)17-7-9-22-23(11-17)27-25(26-22)24-20-12-18(32-4)8-10-21(20)28-29-24/h7-12,16,19H,5-6,13-15H2,1-4H3,(H,26,27)(H,28,29). The molecule has 1 aliphatic rings. The first-order chi connectivity index (χ1) is 16.1. The molecule has 174 valence electrons. The maximum Gasteiger partial charge on any atom is 0.159 e. The minimum atomic E-state index is 0.208. The van der Waals surface area contributed by atoms with Crippen LogP contribution >= 0.6 is 0 Å². The Morgan fingerprint density at radius 1 is 1.15 bits per heavy atom. The van der Waals surface area contributed by atoms with Gasteiger partial charge < -0.3 is 24.3 Å². The maximum absolute atomic E-state index is 6.15. The Hall–Kier alpha value is -3.10. The second-order valence-corrected chi connectivity index (χ2v) is 8.71. The molecule has 5 rings (SSSR count). The Labute approximate surface area is 193 Å². The van der Waals surface area contributed by atoms with Crippen LogP contribution in [0.4, 0.5) is 5.69 Å². The van der Waals surface area contributed by atoms with E-state index in [1.54, 1.807) is 7.11 Å². The van der Waals surface area contributed by atoms with Crippen LogP contribution in [0.2, 0.25) is 0 Å². The second-order valence-electron chi connectivity index (χ2n) is 8.71. The smallest absolute Gasteiger partial charge is 0.159 e. The Kier molecular flexibility index (Phi) is 5.95. The van der Waals surface area contributed by atoms with Crippen LogP contribution in [0.1, 0.15) is 20.8 Å². The molecule has 8 heteroatoms. The summed E-state index contributed by atoms with van der Waals surface area (Å²) in [5.41, 5.74) is 4.86. The molecular formula is C25H32N6O2. The van der Waals surface area contributed by atoms with Gasteiger partial charge >= 0.3 is 0 Å². The van der Waals surface area contributed by atoms with Crippen molar-refractivity contribution in [2.24, 2.45) is 0 Å². The van der Waals surface area contributed by atoms with Crippen LogP contribution in [0.5, 0.6) is 5.75 Å². The van der Waals surface area contributed by atoms with E-state index in [0.29, 0.717) is 6.04 Å². The molecule has 2 unspecified atom stereocenters. The molecular weight excluding hydrogens is 416 g/mol. The van der Waals surface area contributed by atoms with Gasteiger partial charge in [0, 0.05) is 30.2 Å². The van der Waals surface area contributed by atoms with E-state index in [4.69, 9.17) is 14.5 Å². The van der Waals surface area contributed by atoms with E-state index >= 15 is 0 Å². The molecule has 4 aromatic rings. The summed E-state index contributed by atoms with van der Waals surface area (Å²) in [4.78, 5) is 13.2. The predicted molar refractivity (Wildman–Crippen MR) is 132 cm³/mol. The third kappa shape index (κ3) is 4.16. The van der Waals surface area contributed by atoms with Crippen molar-refractivity contribution in [1.82, 2.24) is 25.1 Å². The summed E-state index contributed by atoms with van der Waals surface area (Å²) in [5, 5.41) is 8.58. The number of hydrogen-bond acceptors (Lipinski definition) is 6. The number of morpholine rings is 1. The Balaban J connectivity index is 1.44. The molecule has 2 aromatic carbocycles.